The predicted molar refractivity (Wildman–Crippen MR) is 70.1 cm³/mol. The van der Waals surface area contributed by atoms with Gasteiger partial charge in [-0.15, -0.1) is 0 Å². The number of piperidine rings is 1. The first-order valence-corrected chi connectivity index (χ1v) is 6.47. The second-order valence-corrected chi connectivity index (χ2v) is 4.82. The van der Waals surface area contributed by atoms with Crippen molar-refractivity contribution in [3.63, 3.8) is 0 Å². The molecule has 2 rings (SSSR count). The van der Waals surface area contributed by atoms with Crippen LogP contribution >= 0.6 is 0 Å². The molecule has 1 fully saturated rings. The van der Waals surface area contributed by atoms with Gasteiger partial charge in [-0.25, -0.2) is 9.97 Å². The SMILES string of the molecule is CC1CCN(CCNc2nccnc2C#N)CC1. The van der Waals surface area contributed by atoms with Gasteiger partial charge in [-0.1, -0.05) is 6.92 Å². The number of anilines is 1. The highest BCUT2D eigenvalue weighted by atomic mass is 15.1. The Labute approximate surface area is 108 Å². The van der Waals surface area contributed by atoms with E-state index in [0.29, 0.717) is 11.5 Å². The monoisotopic (exact) mass is 245 g/mol. The Hall–Kier alpha value is -1.67. The molecule has 5 nitrogen and oxygen atoms in total. The van der Waals surface area contributed by atoms with Gasteiger partial charge in [0, 0.05) is 25.5 Å². The maximum Gasteiger partial charge on any atom is 0.182 e. The molecule has 96 valence electrons. The number of likely N-dealkylation sites (tertiary alicyclic amines) is 1. The van der Waals surface area contributed by atoms with E-state index < -0.39 is 0 Å². The summed E-state index contributed by atoms with van der Waals surface area (Å²) in [6.07, 6.45) is 5.71. The molecular weight excluding hydrogens is 226 g/mol. The maximum absolute atomic E-state index is 8.89. The molecule has 0 amide bonds. The molecule has 0 atom stereocenters. The molecule has 0 spiro atoms. The van der Waals surface area contributed by atoms with Gasteiger partial charge in [0.2, 0.25) is 0 Å². The zero-order valence-electron chi connectivity index (χ0n) is 10.8. The Morgan fingerprint density at radius 3 is 2.83 bits per heavy atom. The molecule has 1 N–H and O–H groups in total. The second kappa shape index (κ2) is 6.31. The van der Waals surface area contributed by atoms with E-state index in [1.165, 1.54) is 32.1 Å². The van der Waals surface area contributed by atoms with Crippen molar-refractivity contribution >= 4 is 5.82 Å². The van der Waals surface area contributed by atoms with Crippen molar-refractivity contribution in [2.75, 3.05) is 31.5 Å². The molecule has 0 aromatic carbocycles. The molecule has 1 aliphatic heterocycles. The Balaban J connectivity index is 1.77. The van der Waals surface area contributed by atoms with Crippen LogP contribution in [-0.2, 0) is 0 Å². The molecule has 1 aromatic rings. The molecule has 5 heteroatoms. The number of nitrogens with zero attached hydrogens (tertiary/aromatic N) is 4. The van der Waals surface area contributed by atoms with Crippen LogP contribution in [0.5, 0.6) is 0 Å². The van der Waals surface area contributed by atoms with E-state index in [1.54, 1.807) is 6.20 Å². The van der Waals surface area contributed by atoms with Crippen LogP contribution in [0, 0.1) is 17.2 Å². The standard InChI is InChI=1S/C13H19N5/c1-11-2-7-18(8-3-11)9-6-17-13-12(10-14)15-4-5-16-13/h4-5,11H,2-3,6-9H2,1H3,(H,16,17). The van der Waals surface area contributed by atoms with Crippen LogP contribution in [0.1, 0.15) is 25.5 Å². The molecule has 1 saturated heterocycles. The Morgan fingerprint density at radius 2 is 2.11 bits per heavy atom. The molecule has 2 heterocycles. The van der Waals surface area contributed by atoms with E-state index in [-0.39, 0.29) is 0 Å². The van der Waals surface area contributed by atoms with Gasteiger partial charge in [-0.05, 0) is 31.8 Å². The van der Waals surface area contributed by atoms with Crippen molar-refractivity contribution in [1.29, 1.82) is 5.26 Å². The van der Waals surface area contributed by atoms with Crippen molar-refractivity contribution < 1.29 is 0 Å². The smallest absolute Gasteiger partial charge is 0.182 e. The Kier molecular flexibility index (Phi) is 4.48. The summed E-state index contributed by atoms with van der Waals surface area (Å²) in [5.41, 5.74) is 0.366. The second-order valence-electron chi connectivity index (χ2n) is 4.82. The van der Waals surface area contributed by atoms with Crippen molar-refractivity contribution in [2.45, 2.75) is 19.8 Å². The maximum atomic E-state index is 8.89. The molecule has 1 aromatic heterocycles. The third-order valence-electron chi connectivity index (χ3n) is 3.40. The molecule has 0 aliphatic carbocycles. The number of nitriles is 1. The molecule has 0 bridgehead atoms. The van der Waals surface area contributed by atoms with Crippen LogP contribution in [-0.4, -0.2) is 41.0 Å². The zero-order valence-corrected chi connectivity index (χ0v) is 10.8. The lowest BCUT2D eigenvalue weighted by molar-refractivity contribution is 0.199. The number of hydrogen-bond donors (Lipinski definition) is 1. The van der Waals surface area contributed by atoms with Crippen LogP contribution in [0.2, 0.25) is 0 Å². The van der Waals surface area contributed by atoms with Gasteiger partial charge in [-0.2, -0.15) is 5.26 Å². The summed E-state index contributed by atoms with van der Waals surface area (Å²) in [4.78, 5) is 10.6. The average Bonchev–Trinajstić information content (AvgIpc) is 2.41. The van der Waals surface area contributed by atoms with E-state index in [4.69, 9.17) is 5.26 Å². The quantitative estimate of drug-likeness (QED) is 0.870. The summed E-state index contributed by atoms with van der Waals surface area (Å²) in [7, 11) is 0. The third-order valence-corrected chi connectivity index (χ3v) is 3.40. The topological polar surface area (TPSA) is 64.8 Å². The molecule has 0 radical (unpaired) electrons. The zero-order chi connectivity index (χ0) is 12.8. The lowest BCUT2D eigenvalue weighted by atomic mass is 9.99. The highest BCUT2D eigenvalue weighted by molar-refractivity contribution is 5.46. The third kappa shape index (κ3) is 3.41. The molecule has 1 aliphatic rings. The highest BCUT2D eigenvalue weighted by Gasteiger charge is 2.15. The molecule has 0 unspecified atom stereocenters. The van der Waals surface area contributed by atoms with Crippen LogP contribution in [0.25, 0.3) is 0 Å². The van der Waals surface area contributed by atoms with E-state index in [2.05, 4.69) is 27.1 Å². The Bertz CT molecular complexity index is 418. The van der Waals surface area contributed by atoms with Gasteiger partial charge in [-0.3, -0.25) is 0 Å². The van der Waals surface area contributed by atoms with Gasteiger partial charge in [0.05, 0.1) is 0 Å². The molecular formula is C13H19N5. The normalized spacial score (nSPS) is 17.3. The fraction of sp³-hybridized carbons (Fsp3) is 0.615. The number of aromatic nitrogens is 2. The van der Waals surface area contributed by atoms with Gasteiger partial charge < -0.3 is 10.2 Å². The van der Waals surface area contributed by atoms with Crippen molar-refractivity contribution in [1.82, 2.24) is 14.9 Å². The minimum Gasteiger partial charge on any atom is -0.366 e. The van der Waals surface area contributed by atoms with Crippen molar-refractivity contribution in [2.24, 2.45) is 5.92 Å². The first-order chi connectivity index (χ1) is 8.79. The first kappa shape index (κ1) is 12.8. The fourth-order valence-corrected chi connectivity index (χ4v) is 2.17. The van der Waals surface area contributed by atoms with Crippen molar-refractivity contribution in [3.05, 3.63) is 18.1 Å². The van der Waals surface area contributed by atoms with Gasteiger partial charge >= 0.3 is 0 Å². The van der Waals surface area contributed by atoms with E-state index >= 15 is 0 Å². The largest absolute Gasteiger partial charge is 0.366 e. The van der Waals surface area contributed by atoms with Gasteiger partial charge in [0.25, 0.3) is 0 Å². The fourth-order valence-electron chi connectivity index (χ4n) is 2.17. The van der Waals surface area contributed by atoms with Crippen LogP contribution in [0.3, 0.4) is 0 Å². The van der Waals surface area contributed by atoms with Gasteiger partial charge in [0.15, 0.2) is 11.5 Å². The lowest BCUT2D eigenvalue weighted by Gasteiger charge is -2.30. The summed E-state index contributed by atoms with van der Waals surface area (Å²) >= 11 is 0. The van der Waals surface area contributed by atoms with E-state index in [9.17, 15) is 0 Å². The van der Waals surface area contributed by atoms with E-state index in [1.807, 2.05) is 6.07 Å². The average molecular weight is 245 g/mol. The van der Waals surface area contributed by atoms with Crippen molar-refractivity contribution in [3.8, 4) is 6.07 Å². The van der Waals surface area contributed by atoms with Crippen LogP contribution < -0.4 is 5.32 Å². The van der Waals surface area contributed by atoms with E-state index in [0.717, 1.165) is 19.0 Å². The summed E-state index contributed by atoms with van der Waals surface area (Å²) in [6.45, 7) is 6.47. The minimum atomic E-state index is 0.366. The van der Waals surface area contributed by atoms with Gasteiger partial charge in [0.1, 0.15) is 6.07 Å². The summed E-state index contributed by atoms with van der Waals surface area (Å²) in [6, 6.07) is 2.04. The minimum absolute atomic E-state index is 0.366. The predicted octanol–water partition coefficient (Wildman–Crippen LogP) is 1.49. The summed E-state index contributed by atoms with van der Waals surface area (Å²) in [5, 5.41) is 12.1. The van der Waals surface area contributed by atoms with Crippen LogP contribution in [0.15, 0.2) is 12.4 Å². The Morgan fingerprint density at radius 1 is 1.39 bits per heavy atom. The summed E-state index contributed by atoms with van der Waals surface area (Å²) in [5.74, 6) is 1.45. The molecule has 18 heavy (non-hydrogen) atoms. The summed E-state index contributed by atoms with van der Waals surface area (Å²) < 4.78 is 0. The van der Waals surface area contributed by atoms with Crippen LogP contribution in [0.4, 0.5) is 5.82 Å². The lowest BCUT2D eigenvalue weighted by Crippen LogP contribution is -2.36. The molecule has 0 saturated carbocycles. The highest BCUT2D eigenvalue weighted by Crippen LogP contribution is 2.15. The number of nitrogens with one attached hydrogen (secondary N) is 1. The number of hydrogen-bond acceptors (Lipinski definition) is 5. The number of rotatable bonds is 4. The first-order valence-electron chi connectivity index (χ1n) is 6.47.